The predicted octanol–water partition coefficient (Wildman–Crippen LogP) is 1.46. The molecular weight excluding hydrogens is 176 g/mol. The van der Waals surface area contributed by atoms with Gasteiger partial charge < -0.3 is 5.11 Å². The summed E-state index contributed by atoms with van der Waals surface area (Å²) in [5.74, 6) is 2.16. The molecule has 0 aromatic carbocycles. The van der Waals surface area contributed by atoms with Gasteiger partial charge in [0.2, 0.25) is 0 Å². The summed E-state index contributed by atoms with van der Waals surface area (Å²) in [5.41, 5.74) is -1.15. The summed E-state index contributed by atoms with van der Waals surface area (Å²) in [5, 5.41) is 9.78. The summed E-state index contributed by atoms with van der Waals surface area (Å²) >= 11 is 0. The third-order valence-electron chi connectivity index (χ3n) is 2.16. The van der Waals surface area contributed by atoms with Gasteiger partial charge in [-0.3, -0.25) is 4.79 Å². The maximum atomic E-state index is 11.5. The van der Waals surface area contributed by atoms with E-state index in [9.17, 15) is 9.90 Å². The molecule has 0 bridgehead atoms. The maximum absolute atomic E-state index is 11.5. The van der Waals surface area contributed by atoms with Crippen molar-refractivity contribution in [3.8, 4) is 12.3 Å². The molecule has 1 aliphatic rings. The fourth-order valence-corrected chi connectivity index (χ4v) is 1.31. The molecule has 1 atom stereocenters. The normalized spacial score (nSPS) is 27.1. The highest BCUT2D eigenvalue weighted by Gasteiger charge is 2.31. The van der Waals surface area contributed by atoms with Crippen molar-refractivity contribution in [1.82, 2.24) is 0 Å². The van der Waals surface area contributed by atoms with Crippen LogP contribution in [0.1, 0.15) is 20.8 Å². The summed E-state index contributed by atoms with van der Waals surface area (Å²) in [6, 6.07) is 0. The Morgan fingerprint density at radius 2 is 2.07 bits per heavy atom. The first-order valence-corrected chi connectivity index (χ1v) is 4.45. The fourth-order valence-electron chi connectivity index (χ4n) is 1.31. The van der Waals surface area contributed by atoms with E-state index >= 15 is 0 Å². The monoisotopic (exact) mass is 190 g/mol. The number of allylic oxidation sites excluding steroid dienone is 2. The number of terminal acetylenes is 1. The zero-order chi connectivity index (χ0) is 11.0. The van der Waals surface area contributed by atoms with Gasteiger partial charge in [0.05, 0.1) is 0 Å². The second-order valence-corrected chi connectivity index (χ2v) is 4.48. The molecule has 0 heterocycles. The van der Waals surface area contributed by atoms with Crippen molar-refractivity contribution >= 4 is 5.78 Å². The molecule has 0 fully saturated rings. The number of rotatable bonds is 0. The highest BCUT2D eigenvalue weighted by molar-refractivity contribution is 6.06. The Labute approximate surface area is 84.3 Å². The van der Waals surface area contributed by atoms with Gasteiger partial charge in [0.25, 0.3) is 0 Å². The van der Waals surface area contributed by atoms with Gasteiger partial charge in [-0.2, -0.15) is 0 Å². The summed E-state index contributed by atoms with van der Waals surface area (Å²) in [4.78, 5) is 11.5. The molecule has 1 N–H and O–H groups in total. The molecule has 0 amide bonds. The first-order chi connectivity index (χ1) is 6.28. The van der Waals surface area contributed by atoms with E-state index < -0.39 is 5.60 Å². The van der Waals surface area contributed by atoms with Gasteiger partial charge in [-0.1, -0.05) is 26.7 Å². The zero-order valence-electron chi connectivity index (χ0n) is 8.66. The Kier molecular flexibility index (Phi) is 2.39. The molecule has 0 saturated heterocycles. The maximum Gasteiger partial charge on any atom is 0.182 e. The number of carbonyl (C=O) groups excluding carboxylic acids is 1. The molecule has 1 rings (SSSR count). The first-order valence-electron chi connectivity index (χ1n) is 4.45. The van der Waals surface area contributed by atoms with Crippen LogP contribution in [0.3, 0.4) is 0 Å². The molecule has 74 valence electrons. The van der Waals surface area contributed by atoms with Gasteiger partial charge in [0, 0.05) is 5.57 Å². The van der Waals surface area contributed by atoms with E-state index in [0.717, 1.165) is 0 Å². The van der Waals surface area contributed by atoms with E-state index in [4.69, 9.17) is 6.42 Å². The van der Waals surface area contributed by atoms with Crippen LogP contribution in [0.2, 0.25) is 0 Å². The van der Waals surface area contributed by atoms with E-state index in [1.54, 1.807) is 0 Å². The SMILES string of the molecule is C#CC1(O)C=CC(=O)C(C(C)(C)C)=C1. The Balaban J connectivity index is 3.19. The minimum absolute atomic E-state index is 0.0857. The Bertz CT molecular complexity index is 361. The van der Waals surface area contributed by atoms with Crippen molar-refractivity contribution in [2.75, 3.05) is 0 Å². The van der Waals surface area contributed by atoms with E-state index in [-0.39, 0.29) is 11.2 Å². The molecule has 0 spiro atoms. The lowest BCUT2D eigenvalue weighted by atomic mass is 9.78. The summed E-state index contributed by atoms with van der Waals surface area (Å²) < 4.78 is 0. The van der Waals surface area contributed by atoms with Crippen LogP contribution in [0.4, 0.5) is 0 Å². The fraction of sp³-hybridized carbons (Fsp3) is 0.417. The van der Waals surface area contributed by atoms with Crippen LogP contribution in [0.5, 0.6) is 0 Å². The Hall–Kier alpha value is -1.33. The molecular formula is C12H14O2. The second kappa shape index (κ2) is 3.11. The smallest absolute Gasteiger partial charge is 0.182 e. The molecule has 2 heteroatoms. The molecule has 0 radical (unpaired) electrons. The van der Waals surface area contributed by atoms with Crippen molar-refractivity contribution in [2.45, 2.75) is 26.4 Å². The summed E-state index contributed by atoms with van der Waals surface area (Å²) in [6.45, 7) is 5.73. The van der Waals surface area contributed by atoms with Crippen molar-refractivity contribution < 1.29 is 9.90 Å². The summed E-state index contributed by atoms with van der Waals surface area (Å²) in [6.07, 6.45) is 9.31. The lowest BCUT2D eigenvalue weighted by molar-refractivity contribution is -0.112. The van der Waals surface area contributed by atoms with Crippen molar-refractivity contribution in [3.63, 3.8) is 0 Å². The van der Waals surface area contributed by atoms with E-state index in [1.165, 1.54) is 18.2 Å². The number of carbonyl (C=O) groups is 1. The minimum Gasteiger partial charge on any atom is -0.370 e. The van der Waals surface area contributed by atoms with Gasteiger partial charge >= 0.3 is 0 Å². The average molecular weight is 190 g/mol. The molecule has 0 aromatic rings. The van der Waals surface area contributed by atoms with E-state index in [2.05, 4.69) is 5.92 Å². The molecule has 0 aromatic heterocycles. The lowest BCUT2D eigenvalue weighted by Gasteiger charge is -2.27. The number of hydrogen-bond donors (Lipinski definition) is 1. The lowest BCUT2D eigenvalue weighted by Crippen LogP contribution is -2.29. The molecule has 1 aliphatic carbocycles. The van der Waals surface area contributed by atoms with Gasteiger partial charge in [-0.05, 0) is 23.6 Å². The number of aliphatic hydroxyl groups is 1. The Morgan fingerprint density at radius 3 is 2.50 bits per heavy atom. The third-order valence-corrected chi connectivity index (χ3v) is 2.16. The van der Waals surface area contributed by atoms with Gasteiger partial charge in [-0.15, -0.1) is 6.42 Å². The topological polar surface area (TPSA) is 37.3 Å². The minimum atomic E-state index is -1.41. The zero-order valence-corrected chi connectivity index (χ0v) is 8.66. The van der Waals surface area contributed by atoms with Crippen LogP contribution in [-0.2, 0) is 4.79 Å². The van der Waals surface area contributed by atoms with Crippen LogP contribution in [0, 0.1) is 17.8 Å². The van der Waals surface area contributed by atoms with Crippen LogP contribution in [0.25, 0.3) is 0 Å². The second-order valence-electron chi connectivity index (χ2n) is 4.48. The van der Waals surface area contributed by atoms with Gasteiger partial charge in [0.1, 0.15) is 0 Å². The van der Waals surface area contributed by atoms with Gasteiger partial charge in [0.15, 0.2) is 11.4 Å². The first kappa shape index (κ1) is 10.7. The van der Waals surface area contributed by atoms with Crippen LogP contribution in [-0.4, -0.2) is 16.5 Å². The third kappa shape index (κ3) is 1.94. The van der Waals surface area contributed by atoms with Crippen LogP contribution >= 0.6 is 0 Å². The number of hydrogen-bond acceptors (Lipinski definition) is 2. The van der Waals surface area contributed by atoms with Crippen molar-refractivity contribution in [1.29, 1.82) is 0 Å². The molecule has 0 saturated carbocycles. The largest absolute Gasteiger partial charge is 0.370 e. The van der Waals surface area contributed by atoms with Crippen molar-refractivity contribution in [2.24, 2.45) is 5.41 Å². The quantitative estimate of drug-likeness (QED) is 0.587. The predicted molar refractivity (Wildman–Crippen MR) is 55.5 cm³/mol. The molecule has 14 heavy (non-hydrogen) atoms. The van der Waals surface area contributed by atoms with Crippen LogP contribution < -0.4 is 0 Å². The molecule has 1 unspecified atom stereocenters. The van der Waals surface area contributed by atoms with Crippen molar-refractivity contribution in [3.05, 3.63) is 23.8 Å². The standard InChI is InChI=1S/C12H14O2/c1-5-12(14)7-6-10(13)9(8-12)11(2,3)4/h1,6-8,14H,2-4H3. The molecule has 2 nitrogen and oxygen atoms in total. The number of ketones is 1. The highest BCUT2D eigenvalue weighted by atomic mass is 16.3. The van der Waals surface area contributed by atoms with Gasteiger partial charge in [-0.25, -0.2) is 0 Å². The van der Waals surface area contributed by atoms with E-state index in [1.807, 2.05) is 20.8 Å². The average Bonchev–Trinajstić information content (AvgIpc) is 2.08. The molecule has 0 aliphatic heterocycles. The van der Waals surface area contributed by atoms with E-state index in [0.29, 0.717) is 5.57 Å². The summed E-state index contributed by atoms with van der Waals surface area (Å²) in [7, 11) is 0. The van der Waals surface area contributed by atoms with Crippen LogP contribution in [0.15, 0.2) is 23.8 Å². The Morgan fingerprint density at radius 1 is 1.50 bits per heavy atom. The highest BCUT2D eigenvalue weighted by Crippen LogP contribution is 2.31.